The molecule has 1 heterocycles. The second kappa shape index (κ2) is 9.50. The van der Waals surface area contributed by atoms with Crippen LogP contribution in [0.25, 0.3) is 0 Å². The summed E-state index contributed by atoms with van der Waals surface area (Å²) in [6.07, 6.45) is 5.75. The fourth-order valence-electron chi connectivity index (χ4n) is 3.24. The maximum absolute atomic E-state index is 12.3. The minimum atomic E-state index is -0.676. The van der Waals surface area contributed by atoms with E-state index in [1.54, 1.807) is 19.9 Å². The molecule has 1 aliphatic heterocycles. The lowest BCUT2D eigenvalue weighted by Crippen LogP contribution is -2.33. The van der Waals surface area contributed by atoms with E-state index in [0.29, 0.717) is 12.8 Å². The number of esters is 3. The lowest BCUT2D eigenvalue weighted by Gasteiger charge is -2.27. The minimum Gasteiger partial charge on any atom is -0.458 e. The monoisotopic (exact) mass is 390 g/mol. The quantitative estimate of drug-likeness (QED) is 0.340. The largest absolute Gasteiger partial charge is 0.458 e. The molecular formula is C21H26O7. The smallest absolute Gasteiger partial charge is 0.334 e. The van der Waals surface area contributed by atoms with Gasteiger partial charge in [0.25, 0.3) is 0 Å². The molecular weight excluding hydrogens is 364 g/mol. The van der Waals surface area contributed by atoms with Gasteiger partial charge in [-0.3, -0.25) is 4.79 Å². The molecule has 0 amide bonds. The van der Waals surface area contributed by atoms with Crippen molar-refractivity contribution < 1.29 is 33.7 Å². The molecule has 152 valence electrons. The highest BCUT2D eigenvalue weighted by Gasteiger charge is 2.44. The van der Waals surface area contributed by atoms with Gasteiger partial charge < -0.3 is 19.3 Å². The summed E-state index contributed by atoms with van der Waals surface area (Å²) in [5.41, 5.74) is 1.24. The zero-order valence-electron chi connectivity index (χ0n) is 16.3. The molecule has 1 aliphatic carbocycles. The van der Waals surface area contributed by atoms with E-state index in [1.165, 1.54) is 13.0 Å². The SMILES string of the molecule is C=C1C(=O)O[C@@H]2/C=C(\C)[C@@H](OC(C)=O)C/C=C/C[C@@H](OC(=O)/C(C)=C/CO)[C@@H]12. The molecule has 2 aliphatic rings. The van der Waals surface area contributed by atoms with E-state index in [1.807, 2.05) is 12.2 Å². The van der Waals surface area contributed by atoms with Gasteiger partial charge in [-0.05, 0) is 31.6 Å². The first-order valence-electron chi connectivity index (χ1n) is 9.13. The van der Waals surface area contributed by atoms with Gasteiger partial charge in [0.05, 0.1) is 12.5 Å². The van der Waals surface area contributed by atoms with Crippen LogP contribution in [-0.2, 0) is 28.6 Å². The summed E-state index contributed by atoms with van der Waals surface area (Å²) < 4.78 is 16.4. The Morgan fingerprint density at radius 1 is 1.29 bits per heavy atom. The first-order valence-corrected chi connectivity index (χ1v) is 9.13. The van der Waals surface area contributed by atoms with Crippen molar-refractivity contribution in [2.75, 3.05) is 6.61 Å². The molecule has 7 nitrogen and oxygen atoms in total. The average Bonchev–Trinajstić information content (AvgIpc) is 2.89. The second-order valence-electron chi connectivity index (χ2n) is 6.89. The Balaban J connectivity index is 2.34. The van der Waals surface area contributed by atoms with Gasteiger partial charge in [-0.2, -0.15) is 0 Å². The van der Waals surface area contributed by atoms with E-state index in [2.05, 4.69) is 6.58 Å². The molecule has 0 aromatic heterocycles. The van der Waals surface area contributed by atoms with Crippen molar-refractivity contribution in [3.8, 4) is 0 Å². The van der Waals surface area contributed by atoms with Crippen molar-refractivity contribution >= 4 is 17.9 Å². The van der Waals surface area contributed by atoms with Gasteiger partial charge in [0.1, 0.15) is 18.3 Å². The lowest BCUT2D eigenvalue weighted by molar-refractivity contribution is -0.148. The molecule has 1 saturated heterocycles. The first-order chi connectivity index (χ1) is 13.2. The molecule has 1 N–H and O–H groups in total. The zero-order valence-corrected chi connectivity index (χ0v) is 16.3. The van der Waals surface area contributed by atoms with Crippen LogP contribution in [-0.4, -0.2) is 47.9 Å². The van der Waals surface area contributed by atoms with Gasteiger partial charge in [0, 0.05) is 30.9 Å². The second-order valence-corrected chi connectivity index (χ2v) is 6.89. The van der Waals surface area contributed by atoms with Crippen LogP contribution in [0.1, 0.15) is 33.6 Å². The fourth-order valence-corrected chi connectivity index (χ4v) is 3.24. The number of hydrogen-bond acceptors (Lipinski definition) is 7. The van der Waals surface area contributed by atoms with E-state index in [9.17, 15) is 14.4 Å². The predicted octanol–water partition coefficient (Wildman–Crippen LogP) is 2.16. The maximum atomic E-state index is 12.3. The Kier molecular flexibility index (Phi) is 7.34. The fraction of sp³-hybridized carbons (Fsp3) is 0.476. The summed E-state index contributed by atoms with van der Waals surface area (Å²) >= 11 is 0. The highest BCUT2D eigenvalue weighted by molar-refractivity contribution is 5.92. The molecule has 0 aromatic carbocycles. The Hall–Kier alpha value is -2.67. The summed E-state index contributed by atoms with van der Waals surface area (Å²) in [7, 11) is 0. The molecule has 4 atom stereocenters. The van der Waals surface area contributed by atoms with Gasteiger partial charge in [-0.1, -0.05) is 18.7 Å². The van der Waals surface area contributed by atoms with Crippen LogP contribution >= 0.6 is 0 Å². The third-order valence-corrected chi connectivity index (χ3v) is 4.77. The number of rotatable bonds is 4. The van der Waals surface area contributed by atoms with Gasteiger partial charge >= 0.3 is 17.9 Å². The summed E-state index contributed by atoms with van der Waals surface area (Å²) in [5.74, 6) is -2.08. The molecule has 0 unspecified atom stereocenters. The molecule has 7 heteroatoms. The number of aliphatic hydroxyl groups excluding tert-OH is 1. The summed E-state index contributed by atoms with van der Waals surface area (Å²) in [4.78, 5) is 35.8. The first kappa shape index (κ1) is 21.6. The van der Waals surface area contributed by atoms with Gasteiger partial charge in [0.2, 0.25) is 0 Å². The molecule has 0 radical (unpaired) electrons. The Morgan fingerprint density at radius 2 is 1.96 bits per heavy atom. The Bertz CT molecular complexity index is 744. The third-order valence-electron chi connectivity index (χ3n) is 4.77. The number of fused-ring (bicyclic) bond motifs is 1. The molecule has 0 bridgehead atoms. The van der Waals surface area contributed by atoms with Crippen LogP contribution in [0, 0.1) is 5.92 Å². The number of carbonyl (C=O) groups is 3. The van der Waals surface area contributed by atoms with E-state index in [0.717, 1.165) is 5.57 Å². The molecule has 0 spiro atoms. The number of hydrogen-bond donors (Lipinski definition) is 1. The molecule has 1 fully saturated rings. The van der Waals surface area contributed by atoms with Gasteiger partial charge in [-0.25, -0.2) is 9.59 Å². The van der Waals surface area contributed by atoms with Crippen molar-refractivity contribution in [1.82, 2.24) is 0 Å². The van der Waals surface area contributed by atoms with Crippen molar-refractivity contribution in [3.63, 3.8) is 0 Å². The van der Waals surface area contributed by atoms with Gasteiger partial charge in [0.15, 0.2) is 0 Å². The standard InChI is InChI=1S/C21H26O7/c1-12(9-10-22)20(24)27-17-8-6-5-7-16(26-15(4)23)13(2)11-18-19(17)14(3)21(25)28-18/h5-6,9,11,16-19,22H,3,7-8,10H2,1-2,4H3/b6-5+,12-9+,13-11+/t16-,17+,18+,19+/m0/s1. The molecule has 2 rings (SSSR count). The van der Waals surface area contributed by atoms with E-state index >= 15 is 0 Å². The number of ether oxygens (including phenoxy) is 3. The predicted molar refractivity (Wildman–Crippen MR) is 101 cm³/mol. The van der Waals surface area contributed by atoms with Gasteiger partial charge in [-0.15, -0.1) is 0 Å². The summed E-state index contributed by atoms with van der Waals surface area (Å²) in [6, 6.07) is 0. The van der Waals surface area contributed by atoms with Crippen LogP contribution in [0.4, 0.5) is 0 Å². The van der Waals surface area contributed by atoms with E-state index in [-0.39, 0.29) is 17.8 Å². The Labute approximate surface area is 164 Å². The molecule has 0 saturated carbocycles. The van der Waals surface area contributed by atoms with E-state index < -0.39 is 42.1 Å². The highest BCUT2D eigenvalue weighted by Crippen LogP contribution is 2.35. The average molecular weight is 390 g/mol. The van der Waals surface area contributed by atoms with Crippen LogP contribution < -0.4 is 0 Å². The van der Waals surface area contributed by atoms with E-state index in [4.69, 9.17) is 19.3 Å². The van der Waals surface area contributed by atoms with Crippen LogP contribution in [0.5, 0.6) is 0 Å². The molecule has 0 aromatic rings. The molecule has 28 heavy (non-hydrogen) atoms. The van der Waals surface area contributed by atoms with Crippen molar-refractivity contribution in [3.05, 3.63) is 47.6 Å². The lowest BCUT2D eigenvalue weighted by atomic mass is 9.86. The maximum Gasteiger partial charge on any atom is 0.334 e. The number of aliphatic hydroxyl groups is 1. The topological polar surface area (TPSA) is 99.1 Å². The van der Waals surface area contributed by atoms with Crippen molar-refractivity contribution in [2.45, 2.75) is 51.9 Å². The van der Waals surface area contributed by atoms with Crippen molar-refractivity contribution in [2.24, 2.45) is 5.92 Å². The number of carbonyl (C=O) groups excluding carboxylic acids is 3. The highest BCUT2D eigenvalue weighted by atomic mass is 16.6. The van der Waals surface area contributed by atoms with Crippen LogP contribution in [0.2, 0.25) is 0 Å². The van der Waals surface area contributed by atoms with Crippen LogP contribution in [0.15, 0.2) is 47.6 Å². The zero-order chi connectivity index (χ0) is 20.8. The normalized spacial score (nSPS) is 31.1. The summed E-state index contributed by atoms with van der Waals surface area (Å²) in [6.45, 7) is 8.23. The van der Waals surface area contributed by atoms with Crippen LogP contribution in [0.3, 0.4) is 0 Å². The minimum absolute atomic E-state index is 0.230. The Morgan fingerprint density at radius 3 is 2.61 bits per heavy atom. The summed E-state index contributed by atoms with van der Waals surface area (Å²) in [5, 5.41) is 8.97. The third kappa shape index (κ3) is 5.19. The van der Waals surface area contributed by atoms with Crippen molar-refractivity contribution in [1.29, 1.82) is 0 Å².